The van der Waals surface area contributed by atoms with Crippen LogP contribution in [0.2, 0.25) is 0 Å². The Morgan fingerprint density at radius 3 is 1.36 bits per heavy atom. The van der Waals surface area contributed by atoms with E-state index in [2.05, 4.69) is 0 Å². The van der Waals surface area contributed by atoms with E-state index in [1.807, 2.05) is 0 Å². The van der Waals surface area contributed by atoms with Crippen LogP contribution in [-0.4, -0.2) is 45.2 Å². The van der Waals surface area contributed by atoms with E-state index in [4.69, 9.17) is 10.2 Å². The molecule has 0 aliphatic rings. The fourth-order valence-electron chi connectivity index (χ4n) is 1.08. The molecule has 0 bridgehead atoms. The summed E-state index contributed by atoms with van der Waals surface area (Å²) in [4.78, 5) is 20.2. The van der Waals surface area contributed by atoms with E-state index in [9.17, 15) is 9.59 Å². The SMILES string of the molecule is O=C(O)CCCCCCCC(=O)O.[H-].[H-].[Mg+2]. The third kappa shape index (κ3) is 14.2. The molecule has 2 N–H and O–H groups in total. The Hall–Kier alpha value is -0.294. The van der Waals surface area contributed by atoms with E-state index in [0.717, 1.165) is 19.3 Å². The molecule has 0 atom stereocenters. The van der Waals surface area contributed by atoms with Crippen LogP contribution in [0.5, 0.6) is 0 Å². The second-order valence-electron chi connectivity index (χ2n) is 3.06. The maximum absolute atomic E-state index is 10.1. The molecular weight excluding hydrogens is 196 g/mol. The van der Waals surface area contributed by atoms with Crippen molar-refractivity contribution in [2.24, 2.45) is 0 Å². The third-order valence-electron chi connectivity index (χ3n) is 1.78. The second kappa shape index (κ2) is 10.8. The summed E-state index contributed by atoms with van der Waals surface area (Å²) in [6, 6.07) is 0. The average molecular weight is 215 g/mol. The minimum absolute atomic E-state index is 0. The van der Waals surface area contributed by atoms with Crippen molar-refractivity contribution >= 4 is 35.0 Å². The molecule has 4 nitrogen and oxygen atoms in total. The Kier molecular flexibility index (Phi) is 12.4. The molecule has 0 unspecified atom stereocenters. The van der Waals surface area contributed by atoms with Crippen LogP contribution in [0.1, 0.15) is 47.8 Å². The molecule has 0 fully saturated rings. The van der Waals surface area contributed by atoms with Gasteiger partial charge in [-0.25, -0.2) is 0 Å². The summed E-state index contributed by atoms with van der Waals surface area (Å²) in [6.07, 6.45) is 4.53. The van der Waals surface area contributed by atoms with Crippen molar-refractivity contribution in [2.45, 2.75) is 44.9 Å². The number of hydrogen-bond acceptors (Lipinski definition) is 2. The van der Waals surface area contributed by atoms with Crippen molar-refractivity contribution < 1.29 is 22.7 Å². The first kappa shape index (κ1) is 16.1. The molecule has 0 radical (unpaired) electrons. The normalized spacial score (nSPS) is 9.14. The van der Waals surface area contributed by atoms with Crippen LogP contribution in [-0.2, 0) is 9.59 Å². The molecule has 0 aliphatic heterocycles. The Bertz CT molecular complexity index is 161. The van der Waals surface area contributed by atoms with Crippen LogP contribution in [0, 0.1) is 0 Å². The zero-order chi connectivity index (χ0) is 10.1. The van der Waals surface area contributed by atoms with Gasteiger partial charge in [-0.3, -0.25) is 9.59 Å². The zero-order valence-corrected chi connectivity index (χ0v) is 9.78. The van der Waals surface area contributed by atoms with E-state index in [0.29, 0.717) is 12.8 Å². The number of carboxylic acid groups (broad SMARTS) is 2. The molecule has 0 saturated heterocycles. The van der Waals surface area contributed by atoms with E-state index < -0.39 is 11.9 Å². The van der Waals surface area contributed by atoms with E-state index in [1.165, 1.54) is 0 Å². The monoisotopic (exact) mass is 214 g/mol. The molecule has 0 amide bonds. The zero-order valence-electron chi connectivity index (χ0n) is 10.4. The number of hydrogen-bond donors (Lipinski definition) is 2. The quantitative estimate of drug-likeness (QED) is 0.477. The van der Waals surface area contributed by atoms with E-state index in [1.54, 1.807) is 0 Å². The van der Waals surface area contributed by atoms with Crippen molar-refractivity contribution in [1.29, 1.82) is 0 Å². The van der Waals surface area contributed by atoms with Crippen LogP contribution in [0.25, 0.3) is 0 Å². The maximum atomic E-state index is 10.1. The number of unbranched alkanes of at least 4 members (excludes halogenated alkanes) is 4. The van der Waals surface area contributed by atoms with Gasteiger partial charge in [0.1, 0.15) is 0 Å². The molecule has 80 valence electrons. The van der Waals surface area contributed by atoms with Gasteiger partial charge in [0, 0.05) is 12.8 Å². The van der Waals surface area contributed by atoms with Crippen molar-refractivity contribution in [2.75, 3.05) is 0 Å². The topological polar surface area (TPSA) is 74.6 Å². The predicted molar refractivity (Wildman–Crippen MR) is 55.6 cm³/mol. The molecule has 14 heavy (non-hydrogen) atoms. The van der Waals surface area contributed by atoms with Crippen LogP contribution in [0.15, 0.2) is 0 Å². The largest absolute Gasteiger partial charge is 2.00 e. The van der Waals surface area contributed by atoms with Gasteiger partial charge < -0.3 is 13.1 Å². The predicted octanol–water partition coefficient (Wildman–Crippen LogP) is 1.73. The van der Waals surface area contributed by atoms with Gasteiger partial charge in [-0.05, 0) is 12.8 Å². The first-order valence-electron chi connectivity index (χ1n) is 4.56. The van der Waals surface area contributed by atoms with Crippen molar-refractivity contribution in [1.82, 2.24) is 0 Å². The number of carboxylic acids is 2. The molecule has 0 heterocycles. The van der Waals surface area contributed by atoms with Gasteiger partial charge >= 0.3 is 35.0 Å². The third-order valence-corrected chi connectivity index (χ3v) is 1.78. The van der Waals surface area contributed by atoms with Crippen LogP contribution >= 0.6 is 0 Å². The summed E-state index contributed by atoms with van der Waals surface area (Å²) >= 11 is 0. The van der Waals surface area contributed by atoms with Crippen LogP contribution in [0.4, 0.5) is 0 Å². The number of rotatable bonds is 8. The maximum Gasteiger partial charge on any atom is 2.00 e. The second-order valence-corrected chi connectivity index (χ2v) is 3.06. The van der Waals surface area contributed by atoms with E-state index >= 15 is 0 Å². The molecule has 0 aromatic carbocycles. The molecule has 0 spiro atoms. The van der Waals surface area contributed by atoms with Gasteiger partial charge in [-0.1, -0.05) is 19.3 Å². The Morgan fingerprint density at radius 2 is 1.07 bits per heavy atom. The Balaban J connectivity index is -0.000000240. The average Bonchev–Trinajstić information content (AvgIpc) is 2.01. The van der Waals surface area contributed by atoms with Gasteiger partial charge in [0.05, 0.1) is 0 Å². The first-order valence-corrected chi connectivity index (χ1v) is 4.56. The molecule has 5 heteroatoms. The molecule has 0 rings (SSSR count). The summed E-state index contributed by atoms with van der Waals surface area (Å²) in [7, 11) is 0. The minimum atomic E-state index is -0.759. The molecule has 0 aliphatic carbocycles. The number of carbonyl (C=O) groups is 2. The van der Waals surface area contributed by atoms with Gasteiger partial charge in [0.2, 0.25) is 0 Å². The van der Waals surface area contributed by atoms with E-state index in [-0.39, 0.29) is 38.7 Å². The summed E-state index contributed by atoms with van der Waals surface area (Å²) < 4.78 is 0. The minimum Gasteiger partial charge on any atom is -1.00 e. The fraction of sp³-hybridized carbons (Fsp3) is 0.778. The fourth-order valence-corrected chi connectivity index (χ4v) is 1.08. The Labute approximate surface area is 103 Å². The van der Waals surface area contributed by atoms with Gasteiger partial charge in [-0.2, -0.15) is 0 Å². The van der Waals surface area contributed by atoms with Crippen molar-refractivity contribution in [3.63, 3.8) is 0 Å². The first-order chi connectivity index (χ1) is 6.13. The molecule has 0 aromatic heterocycles. The smallest absolute Gasteiger partial charge is 1.00 e. The standard InChI is InChI=1S/C9H16O4.Mg.2H/c10-8(11)6-4-2-1-3-5-7-9(12)13;;;/h1-7H2,(H,10,11)(H,12,13);;;/q;+2;2*-1. The van der Waals surface area contributed by atoms with Crippen LogP contribution in [0.3, 0.4) is 0 Å². The summed E-state index contributed by atoms with van der Waals surface area (Å²) in [5.74, 6) is -1.52. The van der Waals surface area contributed by atoms with Gasteiger partial charge in [-0.15, -0.1) is 0 Å². The van der Waals surface area contributed by atoms with Gasteiger partial charge in [0.25, 0.3) is 0 Å². The molecule has 0 saturated carbocycles. The number of aliphatic carboxylic acids is 2. The van der Waals surface area contributed by atoms with Crippen molar-refractivity contribution in [3.05, 3.63) is 0 Å². The van der Waals surface area contributed by atoms with Crippen LogP contribution < -0.4 is 0 Å². The van der Waals surface area contributed by atoms with Gasteiger partial charge in [0.15, 0.2) is 0 Å². The molecule has 0 aromatic rings. The summed E-state index contributed by atoms with van der Waals surface area (Å²) in [5, 5.41) is 16.6. The Morgan fingerprint density at radius 1 is 0.786 bits per heavy atom. The summed E-state index contributed by atoms with van der Waals surface area (Å²) in [6.45, 7) is 0. The van der Waals surface area contributed by atoms with Crippen molar-refractivity contribution in [3.8, 4) is 0 Å². The molecular formula is C9H18MgO4. The summed E-state index contributed by atoms with van der Waals surface area (Å²) in [5.41, 5.74) is 0.